The number of hydrogen-bond donors (Lipinski definition) is 1. The van der Waals surface area contributed by atoms with Crippen molar-refractivity contribution in [2.45, 2.75) is 52.1 Å². The van der Waals surface area contributed by atoms with Gasteiger partial charge in [-0.3, -0.25) is 4.79 Å². The predicted octanol–water partition coefficient (Wildman–Crippen LogP) is 5.02. The van der Waals surface area contributed by atoms with Crippen molar-refractivity contribution >= 4 is 39.0 Å². The molecule has 3 aromatic heterocycles. The van der Waals surface area contributed by atoms with Crippen LogP contribution in [0.3, 0.4) is 0 Å². The molecule has 0 aliphatic heterocycles. The lowest BCUT2D eigenvalue weighted by Gasteiger charge is -2.21. The van der Waals surface area contributed by atoms with Crippen LogP contribution in [-0.2, 0) is 12.3 Å². The zero-order chi connectivity index (χ0) is 22.8. The molecule has 0 spiro atoms. The third kappa shape index (κ3) is 4.19. The van der Waals surface area contributed by atoms with Crippen LogP contribution in [0.1, 0.15) is 37.0 Å². The summed E-state index contributed by atoms with van der Waals surface area (Å²) >= 11 is 3.10. The largest absolute Gasteiger partial charge is 0.372 e. The lowest BCUT2D eigenvalue weighted by molar-refractivity contribution is 0.687. The molecule has 0 unspecified atom stereocenters. The molecule has 4 rings (SSSR count). The van der Waals surface area contributed by atoms with Crippen molar-refractivity contribution < 1.29 is 0 Å². The number of rotatable bonds is 8. The summed E-state index contributed by atoms with van der Waals surface area (Å²) < 4.78 is 2.10. The van der Waals surface area contributed by atoms with Crippen LogP contribution in [-0.4, -0.2) is 37.8 Å². The first-order valence-electron chi connectivity index (χ1n) is 10.9. The maximum absolute atomic E-state index is 12.5. The number of aryl methyl sites for hydroxylation is 2. The fourth-order valence-corrected chi connectivity index (χ4v) is 5.73. The summed E-state index contributed by atoms with van der Waals surface area (Å²) in [7, 11) is 0. The average Bonchev–Trinajstić information content (AvgIpc) is 3.33. The zero-order valence-electron chi connectivity index (χ0n) is 19.1. The van der Waals surface area contributed by atoms with E-state index in [1.54, 1.807) is 11.3 Å². The summed E-state index contributed by atoms with van der Waals surface area (Å²) in [5.74, 6) is 2.03. The Bertz CT molecular complexity index is 1280. The Kier molecular flexibility index (Phi) is 6.66. The number of aromatic nitrogens is 5. The summed E-state index contributed by atoms with van der Waals surface area (Å²) in [5.41, 5.74) is 3.19. The van der Waals surface area contributed by atoms with E-state index in [0.29, 0.717) is 17.0 Å². The molecule has 1 aromatic carbocycles. The predicted molar refractivity (Wildman–Crippen MR) is 134 cm³/mol. The number of fused-ring (bicyclic) bond motifs is 1. The number of thiophene rings is 1. The monoisotopic (exact) mass is 468 g/mol. The molecular formula is C23H28N6OS2. The van der Waals surface area contributed by atoms with E-state index in [4.69, 9.17) is 0 Å². The van der Waals surface area contributed by atoms with Crippen LogP contribution >= 0.6 is 23.1 Å². The minimum atomic E-state index is -0.0709. The quantitative estimate of drug-likeness (QED) is 0.366. The Morgan fingerprint density at radius 1 is 1.09 bits per heavy atom. The maximum Gasteiger partial charge on any atom is 0.259 e. The van der Waals surface area contributed by atoms with Crippen molar-refractivity contribution in [3.05, 3.63) is 50.9 Å². The van der Waals surface area contributed by atoms with Crippen LogP contribution in [0.2, 0.25) is 0 Å². The second kappa shape index (κ2) is 9.46. The number of H-pyrrole nitrogens is 1. The summed E-state index contributed by atoms with van der Waals surface area (Å²) in [4.78, 5) is 24.4. The van der Waals surface area contributed by atoms with Crippen molar-refractivity contribution in [2.24, 2.45) is 0 Å². The highest BCUT2D eigenvalue weighted by Gasteiger charge is 2.16. The molecule has 0 saturated carbocycles. The molecule has 32 heavy (non-hydrogen) atoms. The van der Waals surface area contributed by atoms with Crippen LogP contribution in [0, 0.1) is 13.8 Å². The van der Waals surface area contributed by atoms with Crippen molar-refractivity contribution in [1.29, 1.82) is 0 Å². The van der Waals surface area contributed by atoms with Crippen molar-refractivity contribution in [2.75, 3.05) is 18.0 Å². The van der Waals surface area contributed by atoms with Gasteiger partial charge >= 0.3 is 0 Å². The van der Waals surface area contributed by atoms with Gasteiger partial charge in [0.15, 0.2) is 11.0 Å². The molecule has 0 saturated heterocycles. The van der Waals surface area contributed by atoms with Gasteiger partial charge in [-0.25, -0.2) is 4.98 Å². The van der Waals surface area contributed by atoms with Gasteiger partial charge in [-0.05, 0) is 64.4 Å². The standard InChI is InChI=1S/C23H28N6OS2/c1-6-28(7-2)17-11-9-16(10-12-17)20-26-27-23(29(20)8-3)31-13-18-24-21(30)19-14(4)15(5)32-22(19)25-18/h9-12H,6-8,13H2,1-5H3,(H,24,25,30). The smallest absolute Gasteiger partial charge is 0.259 e. The molecule has 9 heteroatoms. The number of nitrogens with zero attached hydrogens (tertiary/aromatic N) is 5. The van der Waals surface area contributed by atoms with Crippen molar-refractivity contribution in [1.82, 2.24) is 24.7 Å². The molecule has 0 atom stereocenters. The molecule has 0 bridgehead atoms. The number of hydrogen-bond acceptors (Lipinski definition) is 7. The van der Waals surface area contributed by atoms with Crippen LogP contribution in [0.5, 0.6) is 0 Å². The Labute approximate surface area is 195 Å². The molecule has 0 amide bonds. The summed E-state index contributed by atoms with van der Waals surface area (Å²) in [6.07, 6.45) is 0. The Morgan fingerprint density at radius 2 is 1.81 bits per heavy atom. The van der Waals surface area contributed by atoms with E-state index >= 15 is 0 Å². The topological polar surface area (TPSA) is 79.7 Å². The van der Waals surface area contributed by atoms with Crippen molar-refractivity contribution in [3.63, 3.8) is 0 Å². The van der Waals surface area contributed by atoms with E-state index in [2.05, 4.69) is 74.7 Å². The Balaban J connectivity index is 1.56. The summed E-state index contributed by atoms with van der Waals surface area (Å²) in [5, 5.41) is 10.4. The molecule has 1 N–H and O–H groups in total. The van der Waals surface area contributed by atoms with E-state index in [1.165, 1.54) is 17.4 Å². The number of anilines is 1. The van der Waals surface area contributed by atoms with Gasteiger partial charge in [-0.1, -0.05) is 11.8 Å². The first-order valence-corrected chi connectivity index (χ1v) is 12.7. The van der Waals surface area contributed by atoms with E-state index < -0.39 is 0 Å². The van der Waals surface area contributed by atoms with Crippen molar-refractivity contribution in [3.8, 4) is 11.4 Å². The summed E-state index contributed by atoms with van der Waals surface area (Å²) in [6.45, 7) is 13.1. The Hall–Kier alpha value is -2.65. The number of aromatic amines is 1. The van der Waals surface area contributed by atoms with Crippen LogP contribution in [0.25, 0.3) is 21.6 Å². The minimum Gasteiger partial charge on any atom is -0.372 e. The maximum atomic E-state index is 12.5. The molecule has 4 aromatic rings. The van der Waals surface area contributed by atoms with Gasteiger partial charge in [0, 0.05) is 35.8 Å². The molecule has 0 aliphatic rings. The highest BCUT2D eigenvalue weighted by atomic mass is 32.2. The van der Waals surface area contributed by atoms with Crippen LogP contribution in [0.15, 0.2) is 34.2 Å². The van der Waals surface area contributed by atoms with Gasteiger partial charge < -0.3 is 14.5 Å². The lowest BCUT2D eigenvalue weighted by atomic mass is 10.2. The van der Waals surface area contributed by atoms with Gasteiger partial charge in [0.1, 0.15) is 10.7 Å². The summed E-state index contributed by atoms with van der Waals surface area (Å²) in [6, 6.07) is 8.48. The number of thioether (sulfide) groups is 1. The highest BCUT2D eigenvalue weighted by Crippen LogP contribution is 2.29. The fraction of sp³-hybridized carbons (Fsp3) is 0.391. The van der Waals surface area contributed by atoms with Gasteiger partial charge in [0.2, 0.25) is 0 Å². The SMILES string of the molecule is CCN(CC)c1ccc(-c2nnc(SCc3nc4sc(C)c(C)c4c(=O)[nH]3)n2CC)cc1. The van der Waals surface area contributed by atoms with E-state index in [9.17, 15) is 4.79 Å². The fourth-order valence-electron chi connectivity index (χ4n) is 3.80. The van der Waals surface area contributed by atoms with Gasteiger partial charge in [0.25, 0.3) is 5.56 Å². The van der Waals surface area contributed by atoms with E-state index in [0.717, 1.165) is 51.4 Å². The molecule has 3 heterocycles. The molecule has 7 nitrogen and oxygen atoms in total. The van der Waals surface area contributed by atoms with Gasteiger partial charge in [0.05, 0.1) is 11.1 Å². The third-order valence-corrected chi connectivity index (χ3v) is 7.79. The lowest BCUT2D eigenvalue weighted by Crippen LogP contribution is -2.21. The van der Waals surface area contributed by atoms with Gasteiger partial charge in [-0.15, -0.1) is 21.5 Å². The first-order chi connectivity index (χ1) is 15.5. The zero-order valence-corrected chi connectivity index (χ0v) is 20.7. The number of benzene rings is 1. The minimum absolute atomic E-state index is 0.0709. The molecule has 0 radical (unpaired) electrons. The van der Waals surface area contributed by atoms with E-state index in [1.807, 2.05) is 13.8 Å². The first kappa shape index (κ1) is 22.5. The normalized spacial score (nSPS) is 11.4. The third-order valence-electron chi connectivity index (χ3n) is 5.71. The average molecular weight is 469 g/mol. The second-order valence-electron chi connectivity index (χ2n) is 7.53. The number of nitrogens with one attached hydrogen (secondary N) is 1. The highest BCUT2D eigenvalue weighted by molar-refractivity contribution is 7.98. The Morgan fingerprint density at radius 3 is 2.47 bits per heavy atom. The molecular weight excluding hydrogens is 440 g/mol. The molecule has 0 aliphatic carbocycles. The van der Waals surface area contributed by atoms with Gasteiger partial charge in [-0.2, -0.15) is 0 Å². The molecule has 0 fully saturated rings. The van der Waals surface area contributed by atoms with Crippen LogP contribution in [0.4, 0.5) is 5.69 Å². The molecule has 168 valence electrons. The second-order valence-corrected chi connectivity index (χ2v) is 9.68. The van der Waals surface area contributed by atoms with E-state index in [-0.39, 0.29) is 5.56 Å². The van der Waals surface area contributed by atoms with Crippen LogP contribution < -0.4 is 10.5 Å².